The van der Waals surface area contributed by atoms with Crippen molar-refractivity contribution in [1.29, 1.82) is 0 Å². The number of nitrogens with one attached hydrogen (secondary N) is 2. The van der Waals surface area contributed by atoms with Gasteiger partial charge < -0.3 is 15.5 Å². The van der Waals surface area contributed by atoms with Crippen LogP contribution in [0.5, 0.6) is 0 Å². The van der Waals surface area contributed by atoms with Crippen molar-refractivity contribution in [2.75, 3.05) is 31.5 Å². The van der Waals surface area contributed by atoms with Crippen molar-refractivity contribution in [3.05, 3.63) is 70.8 Å². The third kappa shape index (κ3) is 5.07. The second-order valence-corrected chi connectivity index (χ2v) is 8.95. The Hall–Kier alpha value is -2.59. The highest BCUT2D eigenvalue weighted by atomic mass is 16.2. The maximum Gasteiger partial charge on any atom is 0.253 e. The van der Waals surface area contributed by atoms with Crippen molar-refractivity contribution in [3.63, 3.8) is 0 Å². The molecule has 0 unspecified atom stereocenters. The van der Waals surface area contributed by atoms with Crippen molar-refractivity contribution in [2.24, 2.45) is 0 Å². The number of piperidine rings is 1. The Bertz CT molecular complexity index is 929. The molecule has 0 bridgehead atoms. The maximum atomic E-state index is 12.8. The van der Waals surface area contributed by atoms with Crippen molar-refractivity contribution in [3.8, 4) is 0 Å². The van der Waals surface area contributed by atoms with Gasteiger partial charge in [-0.3, -0.25) is 4.79 Å². The Labute approximate surface area is 193 Å². The molecule has 4 rings (SSSR count). The number of amides is 1. The zero-order valence-electron chi connectivity index (χ0n) is 19.6. The smallest absolute Gasteiger partial charge is 0.253 e. The molecule has 1 saturated carbocycles. The van der Waals surface area contributed by atoms with Crippen molar-refractivity contribution < 1.29 is 4.79 Å². The van der Waals surface area contributed by atoms with Crippen LogP contribution in [0.25, 0.3) is 5.57 Å². The molecule has 1 aliphatic heterocycles. The van der Waals surface area contributed by atoms with Gasteiger partial charge in [0.15, 0.2) is 0 Å². The molecule has 1 amide bonds. The maximum absolute atomic E-state index is 12.8. The van der Waals surface area contributed by atoms with E-state index < -0.39 is 0 Å². The standard InChI is InChI=1S/C28H37N3O/c1-3-31(4-2)28(32)23-15-13-21(14-16-23)27(22-17-19-29-20-18-22)25-11-7-8-12-26(25)30-24-9-5-6-10-24/h7-8,11-16,24,29-30H,3-6,9-10,17-20H2,1-2H3. The monoisotopic (exact) mass is 431 g/mol. The summed E-state index contributed by atoms with van der Waals surface area (Å²) < 4.78 is 0. The van der Waals surface area contributed by atoms with Gasteiger partial charge >= 0.3 is 0 Å². The lowest BCUT2D eigenvalue weighted by molar-refractivity contribution is 0.0773. The number of benzene rings is 2. The third-order valence-corrected chi connectivity index (χ3v) is 6.94. The van der Waals surface area contributed by atoms with E-state index in [1.54, 1.807) is 0 Å². The normalized spacial score (nSPS) is 16.8. The van der Waals surface area contributed by atoms with E-state index in [0.29, 0.717) is 6.04 Å². The Morgan fingerprint density at radius 1 is 0.938 bits per heavy atom. The number of carbonyl (C=O) groups is 1. The first-order chi connectivity index (χ1) is 15.7. The van der Waals surface area contributed by atoms with Gasteiger partial charge in [0.2, 0.25) is 0 Å². The first-order valence-electron chi connectivity index (χ1n) is 12.4. The minimum atomic E-state index is 0.112. The summed E-state index contributed by atoms with van der Waals surface area (Å²) in [6, 6.07) is 17.6. The molecule has 2 fully saturated rings. The summed E-state index contributed by atoms with van der Waals surface area (Å²) in [5.74, 6) is 0.112. The molecular weight excluding hydrogens is 394 g/mol. The number of hydrogen-bond donors (Lipinski definition) is 2. The van der Waals surface area contributed by atoms with E-state index in [1.807, 2.05) is 30.9 Å². The largest absolute Gasteiger partial charge is 0.382 e. The van der Waals surface area contributed by atoms with Crippen molar-refractivity contribution in [1.82, 2.24) is 10.2 Å². The first kappa shape index (κ1) is 22.6. The molecule has 0 aromatic heterocycles. The number of carbonyl (C=O) groups excluding carboxylic acids is 1. The van der Waals surface area contributed by atoms with Crippen LogP contribution < -0.4 is 10.6 Å². The van der Waals surface area contributed by atoms with Gasteiger partial charge in [-0.2, -0.15) is 0 Å². The summed E-state index contributed by atoms with van der Waals surface area (Å²) >= 11 is 0. The zero-order valence-corrected chi connectivity index (χ0v) is 19.6. The van der Waals surface area contributed by atoms with E-state index in [4.69, 9.17) is 0 Å². The summed E-state index contributed by atoms with van der Waals surface area (Å²) in [6.07, 6.45) is 7.28. The molecule has 2 aromatic rings. The fourth-order valence-corrected chi connectivity index (χ4v) is 5.12. The van der Waals surface area contributed by atoms with Gasteiger partial charge in [-0.1, -0.05) is 48.7 Å². The van der Waals surface area contributed by atoms with Gasteiger partial charge in [0.05, 0.1) is 0 Å². The average Bonchev–Trinajstić information content (AvgIpc) is 3.35. The first-order valence-corrected chi connectivity index (χ1v) is 12.4. The molecule has 4 nitrogen and oxygen atoms in total. The van der Waals surface area contributed by atoms with Crippen LogP contribution in [0.4, 0.5) is 5.69 Å². The van der Waals surface area contributed by atoms with E-state index in [0.717, 1.165) is 44.6 Å². The predicted molar refractivity (Wildman–Crippen MR) is 134 cm³/mol. The highest BCUT2D eigenvalue weighted by Gasteiger charge is 2.21. The van der Waals surface area contributed by atoms with E-state index in [2.05, 4.69) is 47.0 Å². The molecule has 2 aromatic carbocycles. The molecule has 0 atom stereocenters. The summed E-state index contributed by atoms with van der Waals surface area (Å²) in [7, 11) is 0. The van der Waals surface area contributed by atoms with E-state index in [-0.39, 0.29) is 5.91 Å². The molecule has 170 valence electrons. The number of rotatable bonds is 7. The Kier molecular flexibility index (Phi) is 7.64. The molecular formula is C28H37N3O. The highest BCUT2D eigenvalue weighted by Crippen LogP contribution is 2.36. The highest BCUT2D eigenvalue weighted by molar-refractivity contribution is 5.95. The molecule has 0 spiro atoms. The molecule has 4 heteroatoms. The third-order valence-electron chi connectivity index (χ3n) is 6.94. The molecule has 2 aliphatic rings. The number of nitrogens with zero attached hydrogens (tertiary/aromatic N) is 1. The molecule has 32 heavy (non-hydrogen) atoms. The SMILES string of the molecule is CCN(CC)C(=O)c1ccc(C(=C2CCNCC2)c2ccccc2NC2CCCC2)cc1. The van der Waals surface area contributed by atoms with Gasteiger partial charge in [-0.25, -0.2) is 0 Å². The average molecular weight is 432 g/mol. The molecule has 1 aliphatic carbocycles. The molecule has 0 radical (unpaired) electrons. The number of anilines is 1. The molecule has 2 N–H and O–H groups in total. The van der Waals surface area contributed by atoms with Crippen LogP contribution in [0.1, 0.15) is 73.9 Å². The van der Waals surface area contributed by atoms with Crippen LogP contribution in [0.15, 0.2) is 54.1 Å². The van der Waals surface area contributed by atoms with Crippen LogP contribution in [-0.2, 0) is 0 Å². The van der Waals surface area contributed by atoms with Gasteiger partial charge in [0.25, 0.3) is 5.91 Å². The van der Waals surface area contributed by atoms with E-state index in [1.165, 1.54) is 53.6 Å². The van der Waals surface area contributed by atoms with Gasteiger partial charge in [0, 0.05) is 35.9 Å². The van der Waals surface area contributed by atoms with Gasteiger partial charge in [-0.15, -0.1) is 0 Å². The van der Waals surface area contributed by atoms with Crippen LogP contribution in [0, 0.1) is 0 Å². The lowest BCUT2D eigenvalue weighted by atomic mass is 9.87. The van der Waals surface area contributed by atoms with Crippen LogP contribution >= 0.6 is 0 Å². The van der Waals surface area contributed by atoms with Gasteiger partial charge in [0.1, 0.15) is 0 Å². The number of hydrogen-bond acceptors (Lipinski definition) is 3. The lowest BCUT2D eigenvalue weighted by Crippen LogP contribution is -2.30. The predicted octanol–water partition coefficient (Wildman–Crippen LogP) is 5.71. The van der Waals surface area contributed by atoms with Crippen LogP contribution in [-0.4, -0.2) is 43.0 Å². The topological polar surface area (TPSA) is 44.4 Å². The minimum Gasteiger partial charge on any atom is -0.382 e. The summed E-state index contributed by atoms with van der Waals surface area (Å²) in [4.78, 5) is 14.7. The van der Waals surface area contributed by atoms with E-state index in [9.17, 15) is 4.79 Å². The second kappa shape index (κ2) is 10.8. The van der Waals surface area contributed by atoms with Gasteiger partial charge in [-0.05, 0) is 82.0 Å². The summed E-state index contributed by atoms with van der Waals surface area (Å²) in [5.41, 5.74) is 7.35. The fraction of sp³-hybridized carbons (Fsp3) is 0.464. The number of para-hydroxylation sites is 1. The van der Waals surface area contributed by atoms with Crippen LogP contribution in [0.2, 0.25) is 0 Å². The summed E-state index contributed by atoms with van der Waals surface area (Å²) in [6.45, 7) is 7.58. The molecule has 1 heterocycles. The Balaban J connectivity index is 1.71. The van der Waals surface area contributed by atoms with Crippen LogP contribution in [0.3, 0.4) is 0 Å². The van der Waals surface area contributed by atoms with Crippen molar-refractivity contribution >= 4 is 17.2 Å². The zero-order chi connectivity index (χ0) is 22.3. The fourth-order valence-electron chi connectivity index (χ4n) is 5.12. The minimum absolute atomic E-state index is 0.112. The Morgan fingerprint density at radius 3 is 2.22 bits per heavy atom. The molecule has 1 saturated heterocycles. The second-order valence-electron chi connectivity index (χ2n) is 8.95. The Morgan fingerprint density at radius 2 is 1.56 bits per heavy atom. The van der Waals surface area contributed by atoms with E-state index >= 15 is 0 Å². The quantitative estimate of drug-likeness (QED) is 0.590. The lowest BCUT2D eigenvalue weighted by Gasteiger charge is -2.24. The van der Waals surface area contributed by atoms with Crippen molar-refractivity contribution in [2.45, 2.75) is 58.4 Å². The summed E-state index contributed by atoms with van der Waals surface area (Å²) in [5, 5.41) is 7.34.